The topological polar surface area (TPSA) is 101 Å². The standard InChI is InChI=1S/C9H17N3O3/c1-6(2)8(12-7(14)5-10)9(15)11-3-4-13/h4,6,8H,3,5,10H2,1-2H3,(H,11,15)(H,12,14)/t8-/m0/s1. The molecule has 0 aliphatic heterocycles. The molecule has 0 fully saturated rings. The van der Waals surface area contributed by atoms with Crippen LogP contribution >= 0.6 is 0 Å². The smallest absolute Gasteiger partial charge is 0.243 e. The number of carbonyl (C=O) groups excluding carboxylic acids is 3. The molecule has 2 amide bonds. The van der Waals surface area contributed by atoms with Gasteiger partial charge in [-0.25, -0.2) is 0 Å². The normalized spacial score (nSPS) is 12.0. The fraction of sp³-hybridized carbons (Fsp3) is 0.667. The summed E-state index contributed by atoms with van der Waals surface area (Å²) in [5, 5.41) is 4.86. The number of nitrogens with one attached hydrogen (secondary N) is 2. The minimum Gasteiger partial charge on any atom is -0.348 e. The van der Waals surface area contributed by atoms with Crippen molar-refractivity contribution in [3.63, 3.8) is 0 Å². The third kappa shape index (κ3) is 5.11. The van der Waals surface area contributed by atoms with Gasteiger partial charge in [0.1, 0.15) is 12.3 Å². The van der Waals surface area contributed by atoms with E-state index in [2.05, 4.69) is 10.6 Å². The summed E-state index contributed by atoms with van der Waals surface area (Å²) in [5.41, 5.74) is 5.12. The molecule has 0 heterocycles. The highest BCUT2D eigenvalue weighted by Gasteiger charge is 2.22. The second-order valence-electron chi connectivity index (χ2n) is 3.41. The van der Waals surface area contributed by atoms with Crippen LogP contribution in [0.15, 0.2) is 0 Å². The molecule has 1 atom stereocenters. The zero-order valence-corrected chi connectivity index (χ0v) is 8.95. The van der Waals surface area contributed by atoms with Gasteiger partial charge in [-0.15, -0.1) is 0 Å². The van der Waals surface area contributed by atoms with Gasteiger partial charge < -0.3 is 21.2 Å². The van der Waals surface area contributed by atoms with Gasteiger partial charge >= 0.3 is 0 Å². The second-order valence-corrected chi connectivity index (χ2v) is 3.41. The quantitative estimate of drug-likeness (QED) is 0.464. The molecule has 0 aliphatic carbocycles. The van der Waals surface area contributed by atoms with E-state index in [9.17, 15) is 14.4 Å². The Morgan fingerprint density at radius 3 is 2.40 bits per heavy atom. The fourth-order valence-corrected chi connectivity index (χ4v) is 1.02. The van der Waals surface area contributed by atoms with Gasteiger partial charge in [0.2, 0.25) is 11.8 Å². The van der Waals surface area contributed by atoms with Gasteiger partial charge in [-0.1, -0.05) is 13.8 Å². The summed E-state index contributed by atoms with van der Waals surface area (Å²) in [6.07, 6.45) is 0.583. The van der Waals surface area contributed by atoms with Crippen LogP contribution in [0.1, 0.15) is 13.8 Å². The maximum atomic E-state index is 11.5. The molecule has 6 heteroatoms. The SMILES string of the molecule is CC(C)[C@H](NC(=O)CN)C(=O)NCC=O. The first-order chi connectivity index (χ1) is 7.02. The molecule has 0 aromatic heterocycles. The van der Waals surface area contributed by atoms with Crippen molar-refractivity contribution in [2.24, 2.45) is 11.7 Å². The molecule has 0 saturated heterocycles. The van der Waals surface area contributed by atoms with Crippen LogP contribution in [0.5, 0.6) is 0 Å². The van der Waals surface area contributed by atoms with Crippen LogP contribution < -0.4 is 16.4 Å². The Hall–Kier alpha value is -1.43. The average Bonchev–Trinajstić information content (AvgIpc) is 2.21. The number of amides is 2. The van der Waals surface area contributed by atoms with Gasteiger partial charge in [0, 0.05) is 0 Å². The molecule has 0 rings (SSSR count). The molecular weight excluding hydrogens is 198 g/mol. The number of hydrogen-bond donors (Lipinski definition) is 3. The van der Waals surface area contributed by atoms with Gasteiger partial charge in [-0.05, 0) is 5.92 Å². The van der Waals surface area contributed by atoms with Crippen molar-refractivity contribution in [2.45, 2.75) is 19.9 Å². The molecule has 86 valence electrons. The van der Waals surface area contributed by atoms with Gasteiger partial charge in [0.25, 0.3) is 0 Å². The highest BCUT2D eigenvalue weighted by molar-refractivity contribution is 5.89. The van der Waals surface area contributed by atoms with E-state index in [-0.39, 0.29) is 24.9 Å². The first-order valence-electron chi connectivity index (χ1n) is 4.73. The zero-order valence-electron chi connectivity index (χ0n) is 8.95. The lowest BCUT2D eigenvalue weighted by Gasteiger charge is -2.20. The molecule has 4 N–H and O–H groups in total. The monoisotopic (exact) mass is 215 g/mol. The summed E-state index contributed by atoms with van der Waals surface area (Å²) in [6.45, 7) is 3.37. The predicted molar refractivity (Wildman–Crippen MR) is 54.9 cm³/mol. The maximum Gasteiger partial charge on any atom is 0.243 e. The lowest BCUT2D eigenvalue weighted by Crippen LogP contribution is -2.51. The van der Waals surface area contributed by atoms with Gasteiger partial charge in [0.05, 0.1) is 13.1 Å². The van der Waals surface area contributed by atoms with E-state index in [1.807, 2.05) is 0 Å². The van der Waals surface area contributed by atoms with Crippen LogP contribution in [-0.2, 0) is 14.4 Å². The molecule has 0 aliphatic rings. The minimum absolute atomic E-state index is 0.0550. The van der Waals surface area contributed by atoms with Crippen LogP contribution in [0.3, 0.4) is 0 Å². The van der Waals surface area contributed by atoms with Gasteiger partial charge in [-0.2, -0.15) is 0 Å². The molecule has 0 unspecified atom stereocenters. The number of hydrogen-bond acceptors (Lipinski definition) is 4. The fourth-order valence-electron chi connectivity index (χ4n) is 1.02. The van der Waals surface area contributed by atoms with E-state index in [0.29, 0.717) is 6.29 Å². The highest BCUT2D eigenvalue weighted by Crippen LogP contribution is 2.01. The number of rotatable bonds is 6. The van der Waals surface area contributed by atoms with Crippen LogP contribution in [0.2, 0.25) is 0 Å². The maximum absolute atomic E-state index is 11.5. The van der Waals surface area contributed by atoms with E-state index in [1.165, 1.54) is 0 Å². The van der Waals surface area contributed by atoms with Crippen molar-refractivity contribution < 1.29 is 14.4 Å². The summed E-state index contributed by atoms with van der Waals surface area (Å²) in [4.78, 5) is 32.5. The third-order valence-electron chi connectivity index (χ3n) is 1.81. The van der Waals surface area contributed by atoms with E-state index in [4.69, 9.17) is 5.73 Å². The molecule has 0 spiro atoms. The molecule has 0 radical (unpaired) electrons. The largest absolute Gasteiger partial charge is 0.348 e. The molecule has 15 heavy (non-hydrogen) atoms. The van der Waals surface area contributed by atoms with Crippen molar-refractivity contribution in [1.82, 2.24) is 10.6 Å². The van der Waals surface area contributed by atoms with Crippen molar-refractivity contribution in [2.75, 3.05) is 13.1 Å². The molecule has 0 saturated carbocycles. The van der Waals surface area contributed by atoms with E-state index >= 15 is 0 Å². The Bertz CT molecular complexity index is 241. The number of carbonyl (C=O) groups is 3. The summed E-state index contributed by atoms with van der Waals surface area (Å²) in [5.74, 6) is -0.832. The van der Waals surface area contributed by atoms with Crippen molar-refractivity contribution in [3.05, 3.63) is 0 Å². The Morgan fingerprint density at radius 1 is 1.40 bits per heavy atom. The zero-order chi connectivity index (χ0) is 11.8. The van der Waals surface area contributed by atoms with Crippen LogP contribution in [0.4, 0.5) is 0 Å². The Kier molecular flexibility index (Phi) is 6.28. The molecule has 0 aromatic carbocycles. The van der Waals surface area contributed by atoms with Crippen molar-refractivity contribution in [3.8, 4) is 0 Å². The third-order valence-corrected chi connectivity index (χ3v) is 1.81. The Balaban J connectivity index is 4.31. The van der Waals surface area contributed by atoms with Crippen molar-refractivity contribution >= 4 is 18.1 Å². The first kappa shape index (κ1) is 13.6. The lowest BCUT2D eigenvalue weighted by molar-refractivity contribution is -0.129. The lowest BCUT2D eigenvalue weighted by atomic mass is 10.0. The molecular formula is C9H17N3O3. The van der Waals surface area contributed by atoms with Crippen LogP contribution in [0, 0.1) is 5.92 Å². The summed E-state index contributed by atoms with van der Waals surface area (Å²) >= 11 is 0. The van der Waals surface area contributed by atoms with E-state index in [0.717, 1.165) is 0 Å². The Morgan fingerprint density at radius 2 is 2.00 bits per heavy atom. The average molecular weight is 215 g/mol. The number of aldehydes is 1. The summed E-state index contributed by atoms with van der Waals surface area (Å²) in [6, 6.07) is -0.652. The van der Waals surface area contributed by atoms with E-state index < -0.39 is 11.9 Å². The van der Waals surface area contributed by atoms with Gasteiger partial charge in [0.15, 0.2) is 0 Å². The van der Waals surface area contributed by atoms with Gasteiger partial charge in [-0.3, -0.25) is 9.59 Å². The molecule has 0 bridgehead atoms. The summed E-state index contributed by atoms with van der Waals surface area (Å²) in [7, 11) is 0. The highest BCUT2D eigenvalue weighted by atomic mass is 16.2. The van der Waals surface area contributed by atoms with Crippen molar-refractivity contribution in [1.29, 1.82) is 0 Å². The summed E-state index contributed by atoms with van der Waals surface area (Å²) < 4.78 is 0. The van der Waals surface area contributed by atoms with E-state index in [1.54, 1.807) is 13.8 Å². The minimum atomic E-state index is -0.652. The van der Waals surface area contributed by atoms with Crippen LogP contribution in [0.25, 0.3) is 0 Å². The molecule has 6 nitrogen and oxygen atoms in total. The van der Waals surface area contributed by atoms with Crippen LogP contribution in [-0.4, -0.2) is 37.2 Å². The predicted octanol–water partition coefficient (Wildman–Crippen LogP) is -1.60. The Labute approximate surface area is 88.6 Å². The molecule has 0 aromatic rings. The first-order valence-corrected chi connectivity index (χ1v) is 4.73. The second kappa shape index (κ2) is 6.94. The number of nitrogens with two attached hydrogens (primary N) is 1.